The Morgan fingerprint density at radius 3 is 2.94 bits per heavy atom. The molecule has 1 aliphatic heterocycles. The molecule has 2 N–H and O–H groups in total. The van der Waals surface area contributed by atoms with Gasteiger partial charge in [-0.2, -0.15) is 0 Å². The summed E-state index contributed by atoms with van der Waals surface area (Å²) in [6, 6.07) is 6.00. The van der Waals surface area contributed by atoms with Gasteiger partial charge in [0.1, 0.15) is 4.99 Å². The molecular weight excluding hydrogens is 256 g/mol. The van der Waals surface area contributed by atoms with Crippen LogP contribution in [0.4, 0.5) is 5.69 Å². The highest BCUT2D eigenvalue weighted by molar-refractivity contribution is 7.80. The van der Waals surface area contributed by atoms with Crippen LogP contribution in [0, 0.1) is 0 Å². The number of ether oxygens (including phenoxy) is 1. The van der Waals surface area contributed by atoms with Crippen molar-refractivity contribution in [1.29, 1.82) is 0 Å². The number of likely N-dealkylation sites (N-methyl/N-ethyl adjacent to an activating group) is 1. The van der Waals surface area contributed by atoms with Gasteiger partial charge >= 0.3 is 0 Å². The van der Waals surface area contributed by atoms with E-state index in [-0.39, 0.29) is 0 Å². The Bertz CT molecular complexity index is 433. The minimum absolute atomic E-state index is 0.369. The maximum atomic E-state index is 5.97. The highest BCUT2D eigenvalue weighted by atomic mass is 35.5. The number of halogens is 1. The number of nitrogens with two attached hydrogens (primary N) is 1. The van der Waals surface area contributed by atoms with Gasteiger partial charge in [0.15, 0.2) is 0 Å². The lowest BCUT2D eigenvalue weighted by Crippen LogP contribution is -2.33. The van der Waals surface area contributed by atoms with Crippen molar-refractivity contribution in [3.63, 3.8) is 0 Å². The van der Waals surface area contributed by atoms with Crippen LogP contribution in [0.25, 0.3) is 0 Å². The van der Waals surface area contributed by atoms with Gasteiger partial charge in [0.2, 0.25) is 0 Å². The van der Waals surface area contributed by atoms with Gasteiger partial charge < -0.3 is 15.4 Å². The van der Waals surface area contributed by atoms with Crippen molar-refractivity contribution in [2.24, 2.45) is 5.73 Å². The summed E-state index contributed by atoms with van der Waals surface area (Å²) in [4.78, 5) is 2.53. The third kappa shape index (κ3) is 2.70. The molecule has 1 atom stereocenters. The summed E-state index contributed by atoms with van der Waals surface area (Å²) in [5.41, 5.74) is 7.57. The monoisotopic (exact) mass is 270 g/mol. The molecule has 5 heteroatoms. The van der Waals surface area contributed by atoms with E-state index in [9.17, 15) is 0 Å². The molecule has 0 aromatic heterocycles. The Morgan fingerprint density at radius 1 is 1.59 bits per heavy atom. The third-order valence-corrected chi connectivity index (χ3v) is 3.51. The normalized spacial score (nSPS) is 19.3. The SMILES string of the molecule is CN(c1ccc(Cl)cc1C(N)=S)C1CCOC1. The lowest BCUT2D eigenvalue weighted by atomic mass is 10.1. The lowest BCUT2D eigenvalue weighted by molar-refractivity contribution is 0.193. The van der Waals surface area contributed by atoms with E-state index in [0.29, 0.717) is 16.1 Å². The van der Waals surface area contributed by atoms with Gasteiger partial charge in [-0.3, -0.25) is 0 Å². The van der Waals surface area contributed by atoms with Gasteiger partial charge in [0.05, 0.1) is 12.6 Å². The van der Waals surface area contributed by atoms with Crippen LogP contribution in [0.2, 0.25) is 5.02 Å². The first-order valence-electron chi connectivity index (χ1n) is 5.49. The summed E-state index contributed by atoms with van der Waals surface area (Å²) in [5.74, 6) is 0. The summed E-state index contributed by atoms with van der Waals surface area (Å²) in [6.07, 6.45) is 1.02. The Hall–Kier alpha value is -0.840. The molecule has 1 saturated heterocycles. The van der Waals surface area contributed by atoms with Crippen LogP contribution >= 0.6 is 23.8 Å². The first-order chi connectivity index (χ1) is 8.09. The number of nitrogens with zero attached hydrogens (tertiary/aromatic N) is 1. The summed E-state index contributed by atoms with van der Waals surface area (Å²) >= 11 is 11.0. The molecule has 1 fully saturated rings. The number of hydrogen-bond donors (Lipinski definition) is 1. The standard InChI is InChI=1S/C12H15ClN2OS/c1-15(9-4-5-16-7-9)11-3-2-8(13)6-10(11)12(14)17/h2-3,6,9H,4-5,7H2,1H3,(H2,14,17). The number of thiocarbonyl (C=S) groups is 1. The molecule has 92 valence electrons. The van der Waals surface area contributed by atoms with Crippen molar-refractivity contribution in [3.8, 4) is 0 Å². The van der Waals surface area contributed by atoms with E-state index in [1.54, 1.807) is 0 Å². The van der Waals surface area contributed by atoms with E-state index >= 15 is 0 Å². The zero-order valence-electron chi connectivity index (χ0n) is 9.65. The summed E-state index contributed by atoms with van der Waals surface area (Å²) < 4.78 is 5.39. The fourth-order valence-electron chi connectivity index (χ4n) is 2.04. The fraction of sp³-hybridized carbons (Fsp3) is 0.417. The van der Waals surface area contributed by atoms with Gasteiger partial charge in [0.25, 0.3) is 0 Å². The van der Waals surface area contributed by atoms with Crippen LogP contribution in [0.1, 0.15) is 12.0 Å². The molecule has 0 saturated carbocycles. The average molecular weight is 271 g/mol. The van der Waals surface area contributed by atoms with Crippen LogP contribution in [-0.4, -0.2) is 31.3 Å². The summed E-state index contributed by atoms with van der Waals surface area (Å²) in [5, 5.41) is 0.646. The van der Waals surface area contributed by atoms with Crippen molar-refractivity contribution >= 4 is 34.5 Å². The molecule has 1 aromatic carbocycles. The highest BCUT2D eigenvalue weighted by Crippen LogP contribution is 2.27. The van der Waals surface area contributed by atoms with Gasteiger partial charge in [-0.1, -0.05) is 23.8 Å². The molecule has 3 nitrogen and oxygen atoms in total. The van der Waals surface area contributed by atoms with E-state index in [1.165, 1.54) is 0 Å². The number of benzene rings is 1. The zero-order chi connectivity index (χ0) is 12.4. The molecule has 0 radical (unpaired) electrons. The lowest BCUT2D eigenvalue weighted by Gasteiger charge is -2.27. The van der Waals surface area contributed by atoms with E-state index in [0.717, 1.165) is 30.9 Å². The minimum atomic E-state index is 0.369. The van der Waals surface area contributed by atoms with Crippen molar-refractivity contribution < 1.29 is 4.74 Å². The largest absolute Gasteiger partial charge is 0.389 e. The second-order valence-electron chi connectivity index (χ2n) is 4.15. The van der Waals surface area contributed by atoms with E-state index < -0.39 is 0 Å². The van der Waals surface area contributed by atoms with Crippen LogP contribution in [0.5, 0.6) is 0 Å². The molecule has 0 spiro atoms. The van der Waals surface area contributed by atoms with Crippen molar-refractivity contribution in [2.45, 2.75) is 12.5 Å². The van der Waals surface area contributed by atoms with Crippen molar-refractivity contribution in [2.75, 3.05) is 25.2 Å². The molecule has 1 heterocycles. The van der Waals surface area contributed by atoms with Gasteiger partial charge in [-0.25, -0.2) is 0 Å². The van der Waals surface area contributed by atoms with Crippen LogP contribution in [-0.2, 0) is 4.74 Å². The van der Waals surface area contributed by atoms with Crippen LogP contribution in [0.15, 0.2) is 18.2 Å². The topological polar surface area (TPSA) is 38.5 Å². The van der Waals surface area contributed by atoms with Gasteiger partial charge in [-0.05, 0) is 24.6 Å². The van der Waals surface area contributed by atoms with Crippen LogP contribution in [0.3, 0.4) is 0 Å². The Balaban J connectivity index is 2.33. The average Bonchev–Trinajstić information content (AvgIpc) is 2.81. The quantitative estimate of drug-likeness (QED) is 0.855. The first-order valence-corrected chi connectivity index (χ1v) is 6.28. The summed E-state index contributed by atoms with van der Waals surface area (Å²) in [6.45, 7) is 1.56. The van der Waals surface area contributed by atoms with Crippen molar-refractivity contribution in [1.82, 2.24) is 0 Å². The molecule has 1 unspecified atom stereocenters. The molecule has 2 rings (SSSR count). The smallest absolute Gasteiger partial charge is 0.106 e. The molecule has 1 aromatic rings. The van der Waals surface area contributed by atoms with E-state index in [2.05, 4.69) is 4.90 Å². The van der Waals surface area contributed by atoms with E-state index in [4.69, 9.17) is 34.3 Å². The molecular formula is C12H15ClN2OS. The molecule has 17 heavy (non-hydrogen) atoms. The van der Waals surface area contributed by atoms with Gasteiger partial charge in [-0.15, -0.1) is 0 Å². The maximum Gasteiger partial charge on any atom is 0.106 e. The zero-order valence-corrected chi connectivity index (χ0v) is 11.2. The first kappa shape index (κ1) is 12.6. The fourth-order valence-corrected chi connectivity index (χ4v) is 2.37. The van der Waals surface area contributed by atoms with E-state index in [1.807, 2.05) is 25.2 Å². The van der Waals surface area contributed by atoms with Gasteiger partial charge in [0, 0.05) is 29.9 Å². The second-order valence-corrected chi connectivity index (χ2v) is 5.03. The molecule has 1 aliphatic rings. The number of hydrogen-bond acceptors (Lipinski definition) is 3. The minimum Gasteiger partial charge on any atom is -0.389 e. The summed E-state index contributed by atoms with van der Waals surface area (Å²) in [7, 11) is 2.03. The maximum absolute atomic E-state index is 5.97. The third-order valence-electron chi connectivity index (χ3n) is 3.06. The van der Waals surface area contributed by atoms with Crippen LogP contribution < -0.4 is 10.6 Å². The highest BCUT2D eigenvalue weighted by Gasteiger charge is 2.22. The second kappa shape index (κ2) is 5.21. The van der Waals surface area contributed by atoms with Crippen molar-refractivity contribution in [3.05, 3.63) is 28.8 Å². The number of anilines is 1. The molecule has 0 aliphatic carbocycles. The predicted molar refractivity (Wildman–Crippen MR) is 75.0 cm³/mol. The Kier molecular flexibility index (Phi) is 3.86. The number of rotatable bonds is 3. The molecule has 0 amide bonds. The Morgan fingerprint density at radius 2 is 2.35 bits per heavy atom. The molecule has 0 bridgehead atoms. The predicted octanol–water partition coefficient (Wildman–Crippen LogP) is 2.20. The Labute approximate surface area is 111 Å².